The van der Waals surface area contributed by atoms with Crippen LogP contribution in [-0.4, -0.2) is 57.7 Å². The predicted molar refractivity (Wildman–Crippen MR) is 173 cm³/mol. The van der Waals surface area contributed by atoms with Crippen LogP contribution < -0.4 is 10.2 Å². The van der Waals surface area contributed by atoms with Crippen LogP contribution >= 0.6 is 0 Å². The van der Waals surface area contributed by atoms with Crippen molar-refractivity contribution in [1.82, 2.24) is 5.01 Å². The molecule has 3 aliphatic rings. The maximum atomic E-state index is 13.8. The number of aliphatic hydroxyl groups is 1. The fraction of sp³-hybridized carbons (Fsp3) is 0.429. The summed E-state index contributed by atoms with van der Waals surface area (Å²) in [5.74, 6) is -1.44. The number of carbonyl (C=O) groups is 3. The van der Waals surface area contributed by atoms with E-state index in [4.69, 9.17) is 0 Å². The summed E-state index contributed by atoms with van der Waals surface area (Å²) in [6.45, 7) is 9.33. The molecule has 0 radical (unpaired) electrons. The summed E-state index contributed by atoms with van der Waals surface area (Å²) >= 11 is 0. The normalized spacial score (nSPS) is 19.4. The number of carbonyl (C=O) groups excluding carboxylic acids is 3. The third kappa shape index (κ3) is 5.63. The molecule has 232 valence electrons. The van der Waals surface area contributed by atoms with Gasteiger partial charge in [0.15, 0.2) is 0 Å². The first-order chi connectivity index (χ1) is 21.2. The molecule has 2 amide bonds. The third-order valence-corrected chi connectivity index (χ3v) is 9.13. The minimum absolute atomic E-state index is 0.0254. The first-order valence-corrected chi connectivity index (χ1v) is 15.8. The van der Waals surface area contributed by atoms with Gasteiger partial charge in [0, 0.05) is 24.3 Å². The van der Waals surface area contributed by atoms with Crippen LogP contribution in [0.3, 0.4) is 0 Å². The van der Waals surface area contributed by atoms with Gasteiger partial charge in [0.1, 0.15) is 11.5 Å². The average molecular weight is 599 g/mol. The number of phenolic OH excluding ortho intramolecular Hbond substituents is 1. The molecule has 1 fully saturated rings. The summed E-state index contributed by atoms with van der Waals surface area (Å²) < 4.78 is 0. The largest absolute Gasteiger partial charge is 0.507 e. The average Bonchev–Trinajstić information content (AvgIpc) is 3.64. The standard InChI is InChI=1S/C35H42N4O5/c1-5-8-16-27(22-13-9-10-14-22)39-35(44)29(21(4)37-39)31-32(41)30(33(31)42)24-19-18-23(38(6-2)7-3)20-26(24)36-34(43)25-15-11-12-17-28(25)40/h11-12,15,17-20,22,27,40-41H,5-10,13-14,16H2,1-4H3,(H,36,43). The number of unbranched alkanes of at least 4 members (excludes halogenated alkanes) is 1. The minimum Gasteiger partial charge on any atom is -0.507 e. The van der Waals surface area contributed by atoms with Crippen LogP contribution in [0.1, 0.15) is 88.6 Å². The number of ketones is 1. The Kier molecular flexibility index (Phi) is 9.22. The molecule has 2 aromatic carbocycles. The van der Waals surface area contributed by atoms with Crippen molar-refractivity contribution in [3.63, 3.8) is 0 Å². The van der Waals surface area contributed by atoms with Crippen LogP contribution in [0.5, 0.6) is 5.75 Å². The van der Waals surface area contributed by atoms with Crippen LogP contribution in [0.4, 0.5) is 11.4 Å². The zero-order valence-electron chi connectivity index (χ0n) is 26.0. The number of aliphatic hydroxyl groups excluding tert-OH is 1. The van der Waals surface area contributed by atoms with Gasteiger partial charge >= 0.3 is 0 Å². The third-order valence-electron chi connectivity index (χ3n) is 9.13. The first kappa shape index (κ1) is 31.0. The highest BCUT2D eigenvalue weighted by Gasteiger charge is 2.45. The lowest BCUT2D eigenvalue weighted by molar-refractivity contribution is -0.129. The molecule has 0 saturated heterocycles. The van der Waals surface area contributed by atoms with Crippen LogP contribution in [-0.2, 0) is 9.59 Å². The Balaban J connectivity index is 1.53. The van der Waals surface area contributed by atoms with Crippen LogP contribution in [0.15, 0.2) is 64.5 Å². The summed E-state index contributed by atoms with van der Waals surface area (Å²) in [5, 5.41) is 30.7. The number of anilines is 2. The van der Waals surface area contributed by atoms with Crippen molar-refractivity contribution in [3.8, 4) is 5.75 Å². The van der Waals surface area contributed by atoms with Crippen molar-refractivity contribution in [3.05, 3.63) is 70.5 Å². The Morgan fingerprint density at radius 3 is 2.36 bits per heavy atom. The van der Waals surface area contributed by atoms with E-state index in [-0.39, 0.29) is 45.7 Å². The van der Waals surface area contributed by atoms with E-state index in [0.717, 1.165) is 63.7 Å². The Morgan fingerprint density at radius 1 is 1.02 bits per heavy atom. The highest BCUT2D eigenvalue weighted by atomic mass is 16.3. The zero-order valence-corrected chi connectivity index (χ0v) is 26.0. The molecule has 44 heavy (non-hydrogen) atoms. The lowest BCUT2D eigenvalue weighted by Crippen LogP contribution is -2.39. The molecule has 0 bridgehead atoms. The number of Topliss-reactive ketones (excluding diaryl/α,β-unsaturated/α-hetero) is 1. The molecule has 2 aromatic rings. The molecule has 1 unspecified atom stereocenters. The van der Waals surface area contributed by atoms with E-state index in [1.165, 1.54) is 12.1 Å². The molecule has 1 heterocycles. The quantitative estimate of drug-likeness (QED) is 0.250. The van der Waals surface area contributed by atoms with Gasteiger partial charge in [-0.15, -0.1) is 0 Å². The molecule has 2 aliphatic carbocycles. The number of hydrogen-bond donors (Lipinski definition) is 3. The molecule has 1 aliphatic heterocycles. The molecule has 1 saturated carbocycles. The van der Waals surface area contributed by atoms with Gasteiger partial charge in [0.05, 0.1) is 39.7 Å². The summed E-state index contributed by atoms with van der Waals surface area (Å²) in [4.78, 5) is 42.9. The highest BCUT2D eigenvalue weighted by molar-refractivity contribution is 6.44. The van der Waals surface area contributed by atoms with Crippen molar-refractivity contribution in [2.75, 3.05) is 23.3 Å². The van der Waals surface area contributed by atoms with Gasteiger partial charge in [-0.2, -0.15) is 5.10 Å². The summed E-state index contributed by atoms with van der Waals surface area (Å²) in [7, 11) is 0. The number of rotatable bonds is 11. The fourth-order valence-electron chi connectivity index (χ4n) is 6.73. The van der Waals surface area contributed by atoms with E-state index < -0.39 is 11.7 Å². The lowest BCUT2D eigenvalue weighted by Gasteiger charge is -2.30. The number of para-hydroxylation sites is 1. The number of phenols is 1. The van der Waals surface area contributed by atoms with Crippen molar-refractivity contribution in [1.29, 1.82) is 0 Å². The first-order valence-electron chi connectivity index (χ1n) is 15.8. The molecule has 0 spiro atoms. The maximum absolute atomic E-state index is 13.8. The van der Waals surface area contributed by atoms with Gasteiger partial charge < -0.3 is 20.4 Å². The summed E-state index contributed by atoms with van der Waals surface area (Å²) in [6, 6.07) is 11.5. The summed E-state index contributed by atoms with van der Waals surface area (Å²) in [6.07, 6.45) is 7.27. The second-order valence-electron chi connectivity index (χ2n) is 11.8. The number of amides is 2. The molecule has 9 heteroatoms. The van der Waals surface area contributed by atoms with Gasteiger partial charge in [-0.25, -0.2) is 5.01 Å². The predicted octanol–water partition coefficient (Wildman–Crippen LogP) is 6.61. The van der Waals surface area contributed by atoms with E-state index in [9.17, 15) is 24.6 Å². The number of hydrogen-bond acceptors (Lipinski definition) is 7. The van der Waals surface area contributed by atoms with Crippen LogP contribution in [0, 0.1) is 5.92 Å². The Bertz CT molecular complexity index is 1560. The molecule has 1 atom stereocenters. The van der Waals surface area contributed by atoms with E-state index in [1.54, 1.807) is 36.2 Å². The van der Waals surface area contributed by atoms with Crippen LogP contribution in [0.25, 0.3) is 5.57 Å². The minimum atomic E-state index is -0.555. The number of nitrogens with zero attached hydrogens (tertiary/aromatic N) is 3. The zero-order chi connectivity index (χ0) is 31.5. The van der Waals surface area contributed by atoms with Crippen LogP contribution in [0.2, 0.25) is 0 Å². The second kappa shape index (κ2) is 13.1. The van der Waals surface area contributed by atoms with Gasteiger partial charge in [-0.1, -0.05) is 44.7 Å². The van der Waals surface area contributed by atoms with Gasteiger partial charge in [0.2, 0.25) is 5.78 Å². The number of hydrazone groups is 1. The van der Waals surface area contributed by atoms with Crippen molar-refractivity contribution < 1.29 is 24.6 Å². The van der Waals surface area contributed by atoms with Gasteiger partial charge in [-0.05, 0) is 76.3 Å². The number of nitrogens with one attached hydrogen (secondary N) is 1. The van der Waals surface area contributed by atoms with Crippen molar-refractivity contribution in [2.24, 2.45) is 11.0 Å². The van der Waals surface area contributed by atoms with Gasteiger partial charge in [-0.3, -0.25) is 14.4 Å². The number of aromatic hydroxyl groups is 1. The Labute approximate surface area is 258 Å². The summed E-state index contributed by atoms with van der Waals surface area (Å²) in [5.41, 5.74) is 2.13. The fourth-order valence-corrected chi connectivity index (χ4v) is 6.73. The Hall–Kier alpha value is -4.40. The number of benzene rings is 2. The highest BCUT2D eigenvalue weighted by Crippen LogP contribution is 2.44. The smallest absolute Gasteiger partial charge is 0.277 e. The number of allylic oxidation sites excluding steroid dienone is 2. The van der Waals surface area contributed by atoms with Gasteiger partial charge in [0.25, 0.3) is 11.8 Å². The molecule has 5 rings (SSSR count). The van der Waals surface area contributed by atoms with E-state index in [2.05, 4.69) is 22.2 Å². The monoisotopic (exact) mass is 598 g/mol. The van der Waals surface area contributed by atoms with E-state index >= 15 is 0 Å². The molecule has 3 N–H and O–H groups in total. The van der Waals surface area contributed by atoms with Crippen molar-refractivity contribution in [2.45, 2.75) is 78.7 Å². The lowest BCUT2D eigenvalue weighted by atomic mass is 9.79. The van der Waals surface area contributed by atoms with E-state index in [1.807, 2.05) is 19.9 Å². The SMILES string of the molecule is CCCCC(C1CCCC1)N1N=C(C)C(=C2C(=O)C(c3ccc(N(CC)CC)cc3NC(=O)c3ccccc3O)=C2O)C1=O. The van der Waals surface area contributed by atoms with E-state index in [0.29, 0.717) is 22.9 Å². The molecule has 9 nitrogen and oxygen atoms in total. The maximum Gasteiger partial charge on any atom is 0.277 e. The topological polar surface area (TPSA) is 123 Å². The Morgan fingerprint density at radius 2 is 1.73 bits per heavy atom. The molecular weight excluding hydrogens is 556 g/mol. The molecular formula is C35H42N4O5. The molecule has 0 aromatic heterocycles. The second-order valence-corrected chi connectivity index (χ2v) is 11.8. The van der Waals surface area contributed by atoms with Crippen molar-refractivity contribution >= 4 is 40.3 Å².